The first-order valence-electron chi connectivity index (χ1n) is 6.49. The molecule has 0 bridgehead atoms. The summed E-state index contributed by atoms with van der Waals surface area (Å²) in [5.74, 6) is -1.29. The molecule has 0 fully saturated rings. The van der Waals surface area contributed by atoms with E-state index >= 15 is 0 Å². The van der Waals surface area contributed by atoms with Gasteiger partial charge in [0.05, 0.1) is 6.20 Å². The van der Waals surface area contributed by atoms with Crippen molar-refractivity contribution < 1.29 is 14.4 Å². The summed E-state index contributed by atoms with van der Waals surface area (Å²) in [6.45, 7) is 0. The van der Waals surface area contributed by atoms with Gasteiger partial charge >= 0.3 is 0 Å². The molecular formula is C14H11N5O4. The van der Waals surface area contributed by atoms with Gasteiger partial charge in [0.2, 0.25) is 5.75 Å². The Hall–Kier alpha value is -3.49. The van der Waals surface area contributed by atoms with Gasteiger partial charge in [-0.25, -0.2) is 4.98 Å². The first-order chi connectivity index (χ1) is 11.1. The number of nitrogens with zero attached hydrogens (tertiary/aromatic N) is 4. The normalized spacial score (nSPS) is 10.5. The van der Waals surface area contributed by atoms with Gasteiger partial charge in [0.1, 0.15) is 17.8 Å². The van der Waals surface area contributed by atoms with Crippen molar-refractivity contribution in [2.75, 3.05) is 5.32 Å². The zero-order valence-corrected chi connectivity index (χ0v) is 11.9. The topological polar surface area (TPSA) is 123 Å². The Kier molecular flexibility index (Phi) is 3.59. The Morgan fingerprint density at radius 3 is 2.87 bits per heavy atom. The maximum Gasteiger partial charge on any atom is 0.296 e. The summed E-state index contributed by atoms with van der Waals surface area (Å²) in [5.41, 5.74) is -0.326. The molecule has 9 heteroatoms. The third-order valence-corrected chi connectivity index (χ3v) is 3.09. The number of amides is 1. The standard InChI is InChI=1S/C14H11N5O4/c1-19-12(8-3-2-4-15-5-8)18-10(11(20)14(19)22)13(21)17-9-6-16-23-7-9/h2-7,20H,1H3,(H,17,21). The van der Waals surface area contributed by atoms with Crippen molar-refractivity contribution in [3.63, 3.8) is 0 Å². The van der Waals surface area contributed by atoms with Gasteiger partial charge < -0.3 is 14.9 Å². The zero-order valence-electron chi connectivity index (χ0n) is 11.9. The highest BCUT2D eigenvalue weighted by Crippen LogP contribution is 2.19. The first kappa shape index (κ1) is 14.4. The monoisotopic (exact) mass is 313 g/mol. The molecule has 0 aliphatic rings. The van der Waals surface area contributed by atoms with Crippen LogP contribution in [-0.2, 0) is 7.05 Å². The SMILES string of the molecule is Cn1c(-c2cccnc2)nc(C(=O)Nc2cnoc2)c(O)c1=O. The van der Waals surface area contributed by atoms with Gasteiger partial charge in [0.25, 0.3) is 11.5 Å². The average molecular weight is 313 g/mol. The van der Waals surface area contributed by atoms with E-state index in [0.717, 1.165) is 4.57 Å². The second-order valence-corrected chi connectivity index (χ2v) is 4.61. The number of aromatic nitrogens is 4. The minimum Gasteiger partial charge on any atom is -0.501 e. The third-order valence-electron chi connectivity index (χ3n) is 3.09. The van der Waals surface area contributed by atoms with Crippen LogP contribution in [0.2, 0.25) is 0 Å². The van der Waals surface area contributed by atoms with E-state index in [2.05, 4.69) is 25.0 Å². The summed E-state index contributed by atoms with van der Waals surface area (Å²) < 4.78 is 5.74. The molecule has 0 saturated carbocycles. The van der Waals surface area contributed by atoms with E-state index in [9.17, 15) is 14.7 Å². The second kappa shape index (κ2) is 5.72. The molecule has 3 rings (SSSR count). The third kappa shape index (κ3) is 2.67. The Bertz CT molecular complexity index is 903. The zero-order chi connectivity index (χ0) is 16.4. The number of pyridine rings is 1. The predicted molar refractivity (Wildman–Crippen MR) is 78.8 cm³/mol. The van der Waals surface area contributed by atoms with Gasteiger partial charge in [-0.2, -0.15) is 0 Å². The van der Waals surface area contributed by atoms with E-state index < -0.39 is 22.9 Å². The quantitative estimate of drug-likeness (QED) is 0.732. The van der Waals surface area contributed by atoms with E-state index in [-0.39, 0.29) is 11.5 Å². The van der Waals surface area contributed by atoms with Crippen molar-refractivity contribution in [3.8, 4) is 17.1 Å². The number of carbonyl (C=O) groups excluding carboxylic acids is 1. The fourth-order valence-corrected chi connectivity index (χ4v) is 1.96. The van der Waals surface area contributed by atoms with Crippen LogP contribution in [0, 0.1) is 0 Å². The van der Waals surface area contributed by atoms with Crippen LogP contribution < -0.4 is 10.9 Å². The van der Waals surface area contributed by atoms with Gasteiger partial charge in [-0.15, -0.1) is 0 Å². The maximum atomic E-state index is 12.2. The molecule has 9 nitrogen and oxygen atoms in total. The number of anilines is 1. The second-order valence-electron chi connectivity index (χ2n) is 4.61. The van der Waals surface area contributed by atoms with Crippen LogP contribution in [0.25, 0.3) is 11.4 Å². The smallest absolute Gasteiger partial charge is 0.296 e. The minimum absolute atomic E-state index is 0.205. The van der Waals surface area contributed by atoms with E-state index in [1.54, 1.807) is 18.3 Å². The van der Waals surface area contributed by atoms with Gasteiger partial charge in [-0.3, -0.25) is 19.1 Å². The number of aromatic hydroxyl groups is 1. The summed E-state index contributed by atoms with van der Waals surface area (Å²) in [7, 11) is 1.44. The Morgan fingerprint density at radius 2 is 2.22 bits per heavy atom. The van der Waals surface area contributed by atoms with E-state index in [4.69, 9.17) is 0 Å². The van der Waals surface area contributed by atoms with Crippen molar-refractivity contribution in [1.29, 1.82) is 0 Å². The summed E-state index contributed by atoms with van der Waals surface area (Å²) in [5, 5.41) is 15.8. The fourth-order valence-electron chi connectivity index (χ4n) is 1.96. The molecule has 0 spiro atoms. The lowest BCUT2D eigenvalue weighted by atomic mass is 10.2. The molecule has 0 radical (unpaired) electrons. The number of carbonyl (C=O) groups is 1. The van der Waals surface area contributed by atoms with Crippen LogP contribution in [0.3, 0.4) is 0 Å². The summed E-state index contributed by atoms with van der Waals surface area (Å²) >= 11 is 0. The van der Waals surface area contributed by atoms with Crippen molar-refractivity contribution in [1.82, 2.24) is 19.7 Å². The van der Waals surface area contributed by atoms with Gasteiger partial charge in [-0.1, -0.05) is 5.16 Å². The highest BCUT2D eigenvalue weighted by Gasteiger charge is 2.21. The lowest BCUT2D eigenvalue weighted by Crippen LogP contribution is -2.25. The maximum absolute atomic E-state index is 12.2. The van der Waals surface area contributed by atoms with Crippen LogP contribution in [0.15, 0.2) is 46.3 Å². The molecule has 0 atom stereocenters. The Morgan fingerprint density at radius 1 is 1.39 bits per heavy atom. The van der Waals surface area contributed by atoms with Crippen molar-refractivity contribution in [2.45, 2.75) is 0 Å². The lowest BCUT2D eigenvalue weighted by molar-refractivity contribution is 0.101. The number of hydrogen-bond acceptors (Lipinski definition) is 7. The van der Waals surface area contributed by atoms with Crippen LogP contribution in [0.4, 0.5) is 5.69 Å². The molecule has 3 aromatic rings. The average Bonchev–Trinajstić information content (AvgIpc) is 3.06. The number of nitrogens with one attached hydrogen (secondary N) is 1. The highest BCUT2D eigenvalue weighted by molar-refractivity contribution is 6.04. The summed E-state index contributed by atoms with van der Waals surface area (Å²) in [6, 6.07) is 3.36. The largest absolute Gasteiger partial charge is 0.501 e. The molecule has 0 unspecified atom stereocenters. The summed E-state index contributed by atoms with van der Waals surface area (Å²) in [4.78, 5) is 32.4. The van der Waals surface area contributed by atoms with Crippen molar-refractivity contribution in [2.24, 2.45) is 7.05 Å². The summed E-state index contributed by atoms with van der Waals surface area (Å²) in [6.07, 6.45) is 5.55. The van der Waals surface area contributed by atoms with Crippen LogP contribution in [0.5, 0.6) is 5.75 Å². The van der Waals surface area contributed by atoms with Crippen LogP contribution >= 0.6 is 0 Å². The molecule has 2 N–H and O–H groups in total. The van der Waals surface area contributed by atoms with E-state index in [0.29, 0.717) is 5.56 Å². The molecule has 1 amide bonds. The van der Waals surface area contributed by atoms with Gasteiger partial charge in [-0.05, 0) is 12.1 Å². The molecule has 0 aliphatic carbocycles. The molecule has 23 heavy (non-hydrogen) atoms. The molecule has 116 valence electrons. The molecular weight excluding hydrogens is 302 g/mol. The molecule has 3 aromatic heterocycles. The lowest BCUT2D eigenvalue weighted by Gasteiger charge is -2.10. The molecule has 0 aliphatic heterocycles. The van der Waals surface area contributed by atoms with Gasteiger partial charge in [0.15, 0.2) is 5.69 Å². The molecule has 3 heterocycles. The Labute approximate surface area is 129 Å². The van der Waals surface area contributed by atoms with Gasteiger partial charge in [0, 0.05) is 25.0 Å². The van der Waals surface area contributed by atoms with E-state index in [1.165, 1.54) is 25.7 Å². The number of rotatable bonds is 3. The van der Waals surface area contributed by atoms with E-state index in [1.807, 2.05) is 0 Å². The number of hydrogen-bond donors (Lipinski definition) is 2. The van der Waals surface area contributed by atoms with Crippen LogP contribution in [0.1, 0.15) is 10.5 Å². The minimum atomic E-state index is -0.756. The highest BCUT2D eigenvalue weighted by atomic mass is 16.5. The van der Waals surface area contributed by atoms with Crippen molar-refractivity contribution >= 4 is 11.6 Å². The van der Waals surface area contributed by atoms with Crippen molar-refractivity contribution in [3.05, 3.63) is 53.0 Å². The Balaban J connectivity index is 2.09. The molecule has 0 aromatic carbocycles. The van der Waals surface area contributed by atoms with Crippen LogP contribution in [-0.4, -0.2) is 30.7 Å². The fraction of sp³-hybridized carbons (Fsp3) is 0.0714. The molecule has 0 saturated heterocycles. The predicted octanol–water partition coefficient (Wildman–Crippen LogP) is 0.788. The first-order valence-corrected chi connectivity index (χ1v) is 6.49.